The topological polar surface area (TPSA) is 68.2 Å². The van der Waals surface area contributed by atoms with Crippen LogP contribution in [0, 0.1) is 18.2 Å². The highest BCUT2D eigenvalue weighted by Gasteiger charge is 2.14. The Balaban J connectivity index is 1.51. The summed E-state index contributed by atoms with van der Waals surface area (Å²) in [6.45, 7) is 6.71. The number of para-hydroxylation sites is 2. The van der Waals surface area contributed by atoms with Crippen molar-refractivity contribution in [3.05, 3.63) is 83.7 Å². The van der Waals surface area contributed by atoms with Crippen molar-refractivity contribution in [1.82, 2.24) is 9.66 Å². The van der Waals surface area contributed by atoms with Crippen molar-refractivity contribution in [3.8, 4) is 23.5 Å². The van der Waals surface area contributed by atoms with E-state index >= 15 is 4.39 Å². The van der Waals surface area contributed by atoms with Gasteiger partial charge in [-0.2, -0.15) is 0 Å². The van der Waals surface area contributed by atoms with E-state index in [4.69, 9.17) is 11.2 Å². The van der Waals surface area contributed by atoms with Crippen LogP contribution < -0.4 is 10.7 Å². The van der Waals surface area contributed by atoms with E-state index in [9.17, 15) is 4.79 Å². The number of carbonyl (C=O) groups excluding carboxylic acids is 1. The van der Waals surface area contributed by atoms with E-state index in [0.29, 0.717) is 29.2 Å². The number of anilines is 1. The molecule has 0 aliphatic rings. The first-order valence-electron chi connectivity index (χ1n) is 11.7. The molecule has 0 atom stereocenters. The zero-order valence-corrected chi connectivity index (χ0v) is 20.6. The van der Waals surface area contributed by atoms with Crippen LogP contribution >= 0.6 is 0 Å². The Morgan fingerprint density at radius 1 is 1.08 bits per heavy atom. The van der Waals surface area contributed by atoms with Crippen LogP contribution in [0.3, 0.4) is 0 Å². The summed E-state index contributed by atoms with van der Waals surface area (Å²) in [5.41, 5.74) is 7.10. The number of nitrogens with one attached hydrogen (secondary N) is 2. The molecule has 0 saturated heterocycles. The fraction of sp³-hybridized carbons (Fsp3) is 0.241. The molecular weight excluding hydrogens is 455 g/mol. The van der Waals surface area contributed by atoms with Gasteiger partial charge in [0.1, 0.15) is 5.82 Å². The SMILES string of the molecule is C#CCC(=O)Nn1c(NCc2ccc(-c3cccc(COC(C)(C)C)c3)cc2F)nc2ccccc21. The lowest BCUT2D eigenvalue weighted by Crippen LogP contribution is -2.24. The molecule has 0 radical (unpaired) electrons. The zero-order valence-electron chi connectivity index (χ0n) is 20.6. The van der Waals surface area contributed by atoms with Crippen molar-refractivity contribution in [2.45, 2.75) is 45.9 Å². The highest BCUT2D eigenvalue weighted by atomic mass is 19.1. The van der Waals surface area contributed by atoms with Gasteiger partial charge in [0.15, 0.2) is 0 Å². The molecule has 6 nitrogen and oxygen atoms in total. The summed E-state index contributed by atoms with van der Waals surface area (Å²) in [4.78, 5) is 16.7. The van der Waals surface area contributed by atoms with Crippen LogP contribution in [0.2, 0.25) is 0 Å². The van der Waals surface area contributed by atoms with Gasteiger partial charge in [-0.1, -0.05) is 48.4 Å². The quantitative estimate of drug-likeness (QED) is 0.307. The Hall–Kier alpha value is -4.15. The highest BCUT2D eigenvalue weighted by molar-refractivity contribution is 5.89. The van der Waals surface area contributed by atoms with Crippen molar-refractivity contribution >= 4 is 22.9 Å². The number of fused-ring (bicyclic) bond motifs is 1. The number of imidazole rings is 1. The lowest BCUT2D eigenvalue weighted by Gasteiger charge is -2.19. The molecule has 0 saturated carbocycles. The van der Waals surface area contributed by atoms with Gasteiger partial charge in [0.05, 0.1) is 29.7 Å². The molecule has 36 heavy (non-hydrogen) atoms. The largest absolute Gasteiger partial charge is 0.371 e. The van der Waals surface area contributed by atoms with E-state index in [1.165, 1.54) is 10.7 Å². The van der Waals surface area contributed by atoms with Crippen molar-refractivity contribution in [3.63, 3.8) is 0 Å². The molecule has 0 fully saturated rings. The molecule has 1 aromatic heterocycles. The van der Waals surface area contributed by atoms with Gasteiger partial charge < -0.3 is 10.1 Å². The number of nitrogens with zero attached hydrogens (tertiary/aromatic N) is 2. The van der Waals surface area contributed by atoms with E-state index in [1.807, 2.05) is 75.4 Å². The van der Waals surface area contributed by atoms with Gasteiger partial charge >= 0.3 is 0 Å². The molecule has 1 amide bonds. The summed E-state index contributed by atoms with van der Waals surface area (Å²) in [5, 5.41) is 3.14. The molecule has 0 unspecified atom stereocenters. The highest BCUT2D eigenvalue weighted by Crippen LogP contribution is 2.25. The number of amides is 1. The van der Waals surface area contributed by atoms with Crippen molar-refractivity contribution in [2.24, 2.45) is 0 Å². The Bertz CT molecular complexity index is 1430. The molecule has 7 heteroatoms. The molecule has 0 aliphatic heterocycles. The second-order valence-electron chi connectivity index (χ2n) is 9.44. The number of halogens is 1. The molecule has 2 N–H and O–H groups in total. The first-order valence-corrected chi connectivity index (χ1v) is 11.7. The number of hydrogen-bond acceptors (Lipinski definition) is 4. The van der Waals surface area contributed by atoms with Gasteiger partial charge in [-0.3, -0.25) is 10.2 Å². The van der Waals surface area contributed by atoms with Gasteiger partial charge in [0.25, 0.3) is 5.91 Å². The van der Waals surface area contributed by atoms with E-state index in [1.54, 1.807) is 6.07 Å². The molecule has 4 rings (SSSR count). The Morgan fingerprint density at radius 2 is 1.86 bits per heavy atom. The lowest BCUT2D eigenvalue weighted by molar-refractivity contribution is -0.116. The van der Waals surface area contributed by atoms with Crippen LogP contribution in [-0.4, -0.2) is 21.2 Å². The Kier molecular flexibility index (Phi) is 7.37. The maximum absolute atomic E-state index is 15.1. The molecular formula is C29H29FN4O2. The fourth-order valence-electron chi connectivity index (χ4n) is 3.70. The van der Waals surface area contributed by atoms with Gasteiger partial charge in [0.2, 0.25) is 5.95 Å². The summed E-state index contributed by atoms with van der Waals surface area (Å²) < 4.78 is 22.5. The number of rotatable bonds is 8. The van der Waals surface area contributed by atoms with Crippen molar-refractivity contribution in [2.75, 3.05) is 10.7 Å². The normalized spacial score (nSPS) is 11.3. The first kappa shape index (κ1) is 25.0. The average molecular weight is 485 g/mol. The number of carbonyl (C=O) groups is 1. The number of aromatic nitrogens is 2. The van der Waals surface area contributed by atoms with E-state index in [2.05, 4.69) is 21.6 Å². The third-order valence-corrected chi connectivity index (χ3v) is 5.48. The summed E-state index contributed by atoms with van der Waals surface area (Å²) in [5.74, 6) is 2.04. The fourth-order valence-corrected chi connectivity index (χ4v) is 3.70. The van der Waals surface area contributed by atoms with E-state index in [0.717, 1.165) is 16.7 Å². The molecule has 184 valence electrons. The lowest BCUT2D eigenvalue weighted by atomic mass is 10.0. The predicted molar refractivity (Wildman–Crippen MR) is 141 cm³/mol. The van der Waals surface area contributed by atoms with Crippen molar-refractivity contribution in [1.29, 1.82) is 0 Å². The number of terminal acetylenes is 1. The van der Waals surface area contributed by atoms with Crippen LogP contribution in [0.25, 0.3) is 22.2 Å². The van der Waals surface area contributed by atoms with Crippen molar-refractivity contribution < 1.29 is 13.9 Å². The minimum Gasteiger partial charge on any atom is -0.371 e. The van der Waals surface area contributed by atoms with E-state index < -0.39 is 0 Å². The molecule has 0 spiro atoms. The third-order valence-electron chi connectivity index (χ3n) is 5.48. The van der Waals surface area contributed by atoms with Crippen LogP contribution in [0.4, 0.5) is 10.3 Å². The average Bonchev–Trinajstić information content (AvgIpc) is 3.19. The second kappa shape index (κ2) is 10.6. The van der Waals surface area contributed by atoms with Crippen LogP contribution in [0.1, 0.15) is 38.3 Å². The van der Waals surface area contributed by atoms with Crippen LogP contribution in [0.15, 0.2) is 66.7 Å². The first-order chi connectivity index (χ1) is 17.2. The number of hydrogen-bond donors (Lipinski definition) is 2. The van der Waals surface area contributed by atoms with Gasteiger partial charge in [-0.05, 0) is 61.7 Å². The standard InChI is InChI=1S/C29H29FN4O2/c1-5-9-27(35)33-34-26-13-7-6-12-25(26)32-28(34)31-18-23-15-14-22(17-24(23)30)21-11-8-10-20(16-21)19-36-29(2,3)4/h1,6-8,10-17H,9,18-19H2,2-4H3,(H,31,32)(H,33,35). The molecule has 3 aromatic carbocycles. The second-order valence-corrected chi connectivity index (χ2v) is 9.44. The monoisotopic (exact) mass is 484 g/mol. The Labute approximate surface area is 210 Å². The summed E-state index contributed by atoms with van der Waals surface area (Å²) >= 11 is 0. The predicted octanol–water partition coefficient (Wildman–Crippen LogP) is 5.86. The molecule has 0 aliphatic carbocycles. The van der Waals surface area contributed by atoms with Gasteiger partial charge in [0, 0.05) is 12.1 Å². The maximum Gasteiger partial charge on any atom is 0.250 e. The maximum atomic E-state index is 15.1. The summed E-state index contributed by atoms with van der Waals surface area (Å²) in [6, 6.07) is 20.4. The Morgan fingerprint density at radius 3 is 2.61 bits per heavy atom. The zero-order chi connectivity index (χ0) is 25.7. The third kappa shape index (κ3) is 6.09. The summed E-state index contributed by atoms with van der Waals surface area (Å²) in [7, 11) is 0. The van der Waals surface area contributed by atoms with Crippen LogP contribution in [-0.2, 0) is 22.7 Å². The smallest absolute Gasteiger partial charge is 0.250 e. The molecule has 0 bridgehead atoms. The summed E-state index contributed by atoms with van der Waals surface area (Å²) in [6.07, 6.45) is 5.19. The van der Waals surface area contributed by atoms with Gasteiger partial charge in [-0.25, -0.2) is 14.1 Å². The molecule has 4 aromatic rings. The number of benzene rings is 3. The van der Waals surface area contributed by atoms with Crippen LogP contribution in [0.5, 0.6) is 0 Å². The number of ether oxygens (including phenoxy) is 1. The van der Waals surface area contributed by atoms with E-state index in [-0.39, 0.29) is 30.3 Å². The molecule has 1 heterocycles. The van der Waals surface area contributed by atoms with Gasteiger partial charge in [-0.15, -0.1) is 6.42 Å². The minimum atomic E-state index is -0.339. The minimum absolute atomic E-state index is 0.0639.